The van der Waals surface area contributed by atoms with E-state index in [1.165, 1.54) is 0 Å². The zero-order valence-corrected chi connectivity index (χ0v) is 13.8. The van der Waals surface area contributed by atoms with Crippen LogP contribution in [0.15, 0.2) is 24.3 Å². The number of rotatable bonds is 4. The molecule has 0 aliphatic carbocycles. The minimum Gasteiger partial charge on any atom is -0.378 e. The second-order valence-corrected chi connectivity index (χ2v) is 5.49. The van der Waals surface area contributed by atoms with E-state index >= 15 is 0 Å². The van der Waals surface area contributed by atoms with Gasteiger partial charge in [0.15, 0.2) is 5.11 Å². The fourth-order valence-electron chi connectivity index (χ4n) is 2.26. The van der Waals surface area contributed by atoms with Crippen molar-refractivity contribution in [2.24, 2.45) is 0 Å². The van der Waals surface area contributed by atoms with Gasteiger partial charge in [0.25, 0.3) is 0 Å². The highest BCUT2D eigenvalue weighted by molar-refractivity contribution is 7.80. The van der Waals surface area contributed by atoms with Crippen LogP contribution in [0, 0.1) is 0 Å². The first-order chi connectivity index (χ1) is 10.6. The van der Waals surface area contributed by atoms with Crippen molar-refractivity contribution in [2.45, 2.75) is 0 Å². The largest absolute Gasteiger partial charge is 0.378 e. The molecule has 0 saturated carbocycles. The number of ether oxygens (including phenoxy) is 1. The Morgan fingerprint density at radius 1 is 1.32 bits per heavy atom. The Labute approximate surface area is 136 Å². The molecule has 0 aromatic heterocycles. The summed E-state index contributed by atoms with van der Waals surface area (Å²) < 4.78 is 5.34. The number of nitrogens with one attached hydrogen (secondary N) is 2. The number of anilines is 2. The smallest absolute Gasteiger partial charge is 0.243 e. The third-order valence-corrected chi connectivity index (χ3v) is 3.98. The highest BCUT2D eigenvalue weighted by atomic mass is 32.1. The molecule has 2 rings (SSSR count). The van der Waals surface area contributed by atoms with Crippen LogP contribution in [0.25, 0.3) is 0 Å². The molecule has 22 heavy (non-hydrogen) atoms. The third-order valence-electron chi connectivity index (χ3n) is 3.47. The molecule has 1 heterocycles. The van der Waals surface area contributed by atoms with Gasteiger partial charge in [-0.05, 0) is 36.5 Å². The number of carbonyl (C=O) groups excluding carboxylic acids is 1. The van der Waals surface area contributed by atoms with E-state index in [0.717, 1.165) is 37.7 Å². The summed E-state index contributed by atoms with van der Waals surface area (Å²) in [6.45, 7) is 3.53. The van der Waals surface area contributed by atoms with Crippen LogP contribution in [0.3, 0.4) is 0 Å². The Kier molecular flexibility index (Phi) is 5.97. The molecule has 1 aromatic carbocycles. The van der Waals surface area contributed by atoms with Crippen LogP contribution < -0.4 is 15.5 Å². The summed E-state index contributed by atoms with van der Waals surface area (Å²) in [6, 6.07) is 7.87. The normalized spacial score (nSPS) is 14.4. The number of hydrogen-bond acceptors (Lipinski definition) is 4. The molecule has 0 unspecified atom stereocenters. The maximum absolute atomic E-state index is 12.0. The Morgan fingerprint density at radius 2 is 1.95 bits per heavy atom. The van der Waals surface area contributed by atoms with Gasteiger partial charge in [-0.15, -0.1) is 0 Å². The first-order valence-electron chi connectivity index (χ1n) is 7.25. The van der Waals surface area contributed by atoms with Crippen molar-refractivity contribution >= 4 is 34.6 Å². The maximum atomic E-state index is 12.0. The highest BCUT2D eigenvalue weighted by Crippen LogP contribution is 2.18. The minimum atomic E-state index is -0.0979. The molecule has 0 atom stereocenters. The average molecular weight is 322 g/mol. The lowest BCUT2D eigenvalue weighted by Gasteiger charge is -2.29. The van der Waals surface area contributed by atoms with Gasteiger partial charge in [-0.25, -0.2) is 0 Å². The lowest BCUT2D eigenvalue weighted by atomic mass is 10.2. The number of morpholine rings is 1. The van der Waals surface area contributed by atoms with Crippen molar-refractivity contribution in [3.63, 3.8) is 0 Å². The molecule has 7 heteroatoms. The first-order valence-corrected chi connectivity index (χ1v) is 7.66. The quantitative estimate of drug-likeness (QED) is 0.803. The summed E-state index contributed by atoms with van der Waals surface area (Å²) in [5.74, 6) is -0.0979. The summed E-state index contributed by atoms with van der Waals surface area (Å²) in [4.78, 5) is 15.9. The molecule has 1 fully saturated rings. The van der Waals surface area contributed by atoms with E-state index in [-0.39, 0.29) is 12.5 Å². The number of benzene rings is 1. The van der Waals surface area contributed by atoms with Gasteiger partial charge in [0, 0.05) is 38.6 Å². The lowest BCUT2D eigenvalue weighted by molar-refractivity contribution is -0.116. The van der Waals surface area contributed by atoms with E-state index in [2.05, 4.69) is 15.5 Å². The Hall–Kier alpha value is -1.86. The van der Waals surface area contributed by atoms with Crippen molar-refractivity contribution in [3.05, 3.63) is 24.3 Å². The molecular weight excluding hydrogens is 300 g/mol. The fraction of sp³-hybridized carbons (Fsp3) is 0.467. The Balaban J connectivity index is 1.87. The van der Waals surface area contributed by atoms with E-state index in [4.69, 9.17) is 17.0 Å². The van der Waals surface area contributed by atoms with E-state index in [0.29, 0.717) is 5.11 Å². The van der Waals surface area contributed by atoms with Gasteiger partial charge in [-0.2, -0.15) is 0 Å². The van der Waals surface area contributed by atoms with E-state index in [1.807, 2.05) is 24.3 Å². The number of likely N-dealkylation sites (N-methyl/N-ethyl adjacent to an activating group) is 1. The molecule has 1 saturated heterocycles. The minimum absolute atomic E-state index is 0.0979. The van der Waals surface area contributed by atoms with Crippen molar-refractivity contribution in [3.8, 4) is 0 Å². The number of carbonyl (C=O) groups is 1. The number of amides is 1. The van der Waals surface area contributed by atoms with Crippen LogP contribution in [-0.2, 0) is 9.53 Å². The molecule has 1 amide bonds. The van der Waals surface area contributed by atoms with E-state index < -0.39 is 0 Å². The van der Waals surface area contributed by atoms with Crippen LogP contribution in [0.2, 0.25) is 0 Å². The molecule has 1 aromatic rings. The molecule has 0 bridgehead atoms. The van der Waals surface area contributed by atoms with Crippen LogP contribution in [0.1, 0.15) is 0 Å². The predicted molar refractivity (Wildman–Crippen MR) is 92.4 cm³/mol. The molecule has 120 valence electrons. The van der Waals surface area contributed by atoms with Gasteiger partial charge in [-0.3, -0.25) is 4.79 Å². The summed E-state index contributed by atoms with van der Waals surface area (Å²) in [6.07, 6.45) is 0. The lowest BCUT2D eigenvalue weighted by Crippen LogP contribution is -2.39. The van der Waals surface area contributed by atoms with Gasteiger partial charge in [0.1, 0.15) is 0 Å². The second kappa shape index (κ2) is 7.95. The summed E-state index contributed by atoms with van der Waals surface area (Å²) in [5, 5.41) is 6.25. The molecule has 0 spiro atoms. The summed E-state index contributed by atoms with van der Waals surface area (Å²) >= 11 is 5.07. The first kappa shape index (κ1) is 16.5. The molecule has 0 radical (unpaired) electrons. The van der Waals surface area contributed by atoms with Gasteiger partial charge in [0.05, 0.1) is 19.8 Å². The van der Waals surface area contributed by atoms with Crippen molar-refractivity contribution < 1.29 is 9.53 Å². The molecule has 6 nitrogen and oxygen atoms in total. The average Bonchev–Trinajstić information content (AvgIpc) is 2.55. The molecule has 1 aliphatic rings. The van der Waals surface area contributed by atoms with Gasteiger partial charge < -0.3 is 25.2 Å². The van der Waals surface area contributed by atoms with Crippen molar-refractivity contribution in [2.75, 3.05) is 57.2 Å². The fourth-order valence-corrected chi connectivity index (χ4v) is 2.32. The zero-order chi connectivity index (χ0) is 15.9. The summed E-state index contributed by atoms with van der Waals surface area (Å²) in [5.41, 5.74) is 1.93. The van der Waals surface area contributed by atoms with Gasteiger partial charge in [0.2, 0.25) is 5.91 Å². The van der Waals surface area contributed by atoms with E-state index in [1.54, 1.807) is 19.0 Å². The Morgan fingerprint density at radius 3 is 2.55 bits per heavy atom. The van der Waals surface area contributed by atoms with Crippen LogP contribution in [-0.4, -0.2) is 62.9 Å². The number of hydrogen-bond donors (Lipinski definition) is 2. The standard InChI is InChI=1S/C15H22N4O2S/c1-16-15(22)18(2)11-14(20)17-12-3-5-13(6-4-12)19-7-9-21-10-8-19/h3-6H,7-11H2,1-2H3,(H,16,22)(H,17,20). The molecule has 2 N–H and O–H groups in total. The third kappa shape index (κ3) is 4.57. The van der Waals surface area contributed by atoms with Gasteiger partial charge in [-0.1, -0.05) is 0 Å². The van der Waals surface area contributed by atoms with Crippen LogP contribution in [0.5, 0.6) is 0 Å². The van der Waals surface area contributed by atoms with Gasteiger partial charge >= 0.3 is 0 Å². The Bertz CT molecular complexity index is 515. The van der Waals surface area contributed by atoms with Crippen LogP contribution >= 0.6 is 12.2 Å². The molecular formula is C15H22N4O2S. The maximum Gasteiger partial charge on any atom is 0.243 e. The number of nitrogens with zero attached hydrogens (tertiary/aromatic N) is 2. The SMILES string of the molecule is CNC(=S)N(C)CC(=O)Nc1ccc(N2CCOCC2)cc1. The second-order valence-electron chi connectivity index (χ2n) is 5.11. The summed E-state index contributed by atoms with van der Waals surface area (Å²) in [7, 11) is 3.51. The van der Waals surface area contributed by atoms with Crippen LogP contribution in [0.4, 0.5) is 11.4 Å². The molecule has 1 aliphatic heterocycles. The van der Waals surface area contributed by atoms with E-state index in [9.17, 15) is 4.79 Å². The zero-order valence-electron chi connectivity index (χ0n) is 13.0. The van der Waals surface area contributed by atoms with Crippen molar-refractivity contribution in [1.82, 2.24) is 10.2 Å². The van der Waals surface area contributed by atoms with Crippen molar-refractivity contribution in [1.29, 1.82) is 0 Å². The topological polar surface area (TPSA) is 56.8 Å². The highest BCUT2D eigenvalue weighted by Gasteiger charge is 2.12. The predicted octanol–water partition coefficient (Wildman–Crippen LogP) is 0.898. The monoisotopic (exact) mass is 322 g/mol. The number of thiocarbonyl (C=S) groups is 1.